The van der Waals surface area contributed by atoms with Crippen LogP contribution in [0.2, 0.25) is 0 Å². The summed E-state index contributed by atoms with van der Waals surface area (Å²) in [5.74, 6) is 1.14. The molecule has 26 heavy (non-hydrogen) atoms. The van der Waals surface area contributed by atoms with Crippen LogP contribution in [-0.2, 0) is 9.84 Å². The summed E-state index contributed by atoms with van der Waals surface area (Å²) in [6.45, 7) is 4.59. The second kappa shape index (κ2) is 8.23. The fourth-order valence-corrected chi connectivity index (χ4v) is 8.96. The summed E-state index contributed by atoms with van der Waals surface area (Å²) in [7, 11) is -3.57. The van der Waals surface area contributed by atoms with E-state index in [0.717, 1.165) is 19.3 Å². The average Bonchev–Trinajstić information content (AvgIpc) is 2.63. The van der Waals surface area contributed by atoms with Gasteiger partial charge in [0.2, 0.25) is 0 Å². The van der Waals surface area contributed by atoms with Gasteiger partial charge in [0, 0.05) is 6.26 Å². The summed E-state index contributed by atoms with van der Waals surface area (Å²) in [4.78, 5) is 0. The van der Waals surface area contributed by atoms with Crippen LogP contribution in [0.25, 0.3) is 0 Å². The molecule has 3 unspecified atom stereocenters. The summed E-state index contributed by atoms with van der Waals surface area (Å²) in [5, 5.41) is 2.52. The Bertz CT molecular complexity index is 763. The highest BCUT2D eigenvalue weighted by Crippen LogP contribution is 2.51. The Morgan fingerprint density at radius 3 is 1.81 bits per heavy atom. The molecule has 2 nitrogen and oxygen atoms in total. The molecule has 2 aromatic carbocycles. The third-order valence-corrected chi connectivity index (χ3v) is 10.3. The van der Waals surface area contributed by atoms with Gasteiger partial charge in [-0.25, -0.2) is 8.42 Å². The molecule has 4 heteroatoms. The first-order valence-corrected chi connectivity index (χ1v) is 12.8. The predicted octanol–water partition coefficient (Wildman–Crippen LogP) is 4.36. The molecule has 1 aliphatic rings. The lowest BCUT2D eigenvalue weighted by molar-refractivity contribution is 0.288. The minimum atomic E-state index is -3.00. The van der Waals surface area contributed by atoms with Crippen LogP contribution < -0.4 is 10.6 Å². The molecular weight excluding hydrogens is 359 g/mol. The van der Waals surface area contributed by atoms with Crippen molar-refractivity contribution in [1.82, 2.24) is 0 Å². The third kappa shape index (κ3) is 4.38. The Morgan fingerprint density at radius 1 is 0.885 bits per heavy atom. The van der Waals surface area contributed by atoms with E-state index in [9.17, 15) is 8.42 Å². The quantitative estimate of drug-likeness (QED) is 0.714. The van der Waals surface area contributed by atoms with Gasteiger partial charge in [0.15, 0.2) is 0 Å². The molecule has 1 saturated carbocycles. The van der Waals surface area contributed by atoms with Crippen LogP contribution in [0.3, 0.4) is 0 Å². The SMILES string of the molecule is CC(C)C1CCC(S(C)(=O)=O)CC1P(c1ccccc1)c1ccccc1. The maximum atomic E-state index is 12.3. The molecule has 3 rings (SSSR count). The Balaban J connectivity index is 2.06. The fourth-order valence-electron chi connectivity index (χ4n) is 4.31. The van der Waals surface area contributed by atoms with Gasteiger partial charge in [-0.15, -0.1) is 0 Å². The van der Waals surface area contributed by atoms with Crippen molar-refractivity contribution in [3.63, 3.8) is 0 Å². The van der Waals surface area contributed by atoms with Crippen LogP contribution >= 0.6 is 7.92 Å². The first kappa shape index (κ1) is 19.6. The Labute approximate surface area is 159 Å². The van der Waals surface area contributed by atoms with Gasteiger partial charge in [0.05, 0.1) is 5.25 Å². The van der Waals surface area contributed by atoms with E-state index in [-0.39, 0.29) is 5.25 Å². The van der Waals surface area contributed by atoms with E-state index >= 15 is 0 Å². The van der Waals surface area contributed by atoms with E-state index in [2.05, 4.69) is 74.5 Å². The van der Waals surface area contributed by atoms with Crippen molar-refractivity contribution in [3.8, 4) is 0 Å². The Hall–Kier alpha value is -1.18. The van der Waals surface area contributed by atoms with Crippen LogP contribution in [0.15, 0.2) is 60.7 Å². The molecule has 0 aromatic heterocycles. The monoisotopic (exact) mass is 388 g/mol. The zero-order valence-electron chi connectivity index (χ0n) is 15.9. The molecule has 3 atom stereocenters. The lowest BCUT2D eigenvalue weighted by atomic mass is 9.81. The van der Waals surface area contributed by atoms with Gasteiger partial charge in [-0.1, -0.05) is 74.5 Å². The van der Waals surface area contributed by atoms with Crippen LogP contribution in [0.5, 0.6) is 0 Å². The van der Waals surface area contributed by atoms with Crippen molar-refractivity contribution in [1.29, 1.82) is 0 Å². The van der Waals surface area contributed by atoms with Crippen LogP contribution in [0.1, 0.15) is 33.1 Å². The normalized spacial score (nSPS) is 24.1. The number of benzene rings is 2. The smallest absolute Gasteiger partial charge is 0.150 e. The summed E-state index contributed by atoms with van der Waals surface area (Å²) < 4.78 is 24.6. The summed E-state index contributed by atoms with van der Waals surface area (Å²) in [6, 6.07) is 21.4. The highest BCUT2D eigenvalue weighted by atomic mass is 32.2. The molecule has 0 aliphatic heterocycles. The second-order valence-electron chi connectivity index (χ2n) is 7.78. The van der Waals surface area contributed by atoms with Crippen LogP contribution in [-0.4, -0.2) is 25.6 Å². The van der Waals surface area contributed by atoms with E-state index in [1.54, 1.807) is 0 Å². The van der Waals surface area contributed by atoms with E-state index < -0.39 is 17.8 Å². The summed E-state index contributed by atoms with van der Waals surface area (Å²) >= 11 is 0. The molecule has 0 saturated heterocycles. The first-order valence-electron chi connectivity index (χ1n) is 9.46. The van der Waals surface area contributed by atoms with E-state index in [1.807, 2.05) is 0 Å². The molecule has 0 radical (unpaired) electrons. The summed E-state index contributed by atoms with van der Waals surface area (Å²) in [5.41, 5.74) is 0.406. The number of hydrogen-bond donors (Lipinski definition) is 0. The number of rotatable bonds is 5. The van der Waals surface area contributed by atoms with Crippen molar-refractivity contribution in [3.05, 3.63) is 60.7 Å². The van der Waals surface area contributed by atoms with Crippen molar-refractivity contribution >= 4 is 28.4 Å². The number of sulfone groups is 1. The standard InChI is InChI=1S/C22H29O2PS/c1-17(2)21-15-14-20(26(3,23)24)16-22(21)25(18-10-6-4-7-11-18)19-12-8-5-9-13-19/h4-13,17,20-22H,14-16H2,1-3H3. The van der Waals surface area contributed by atoms with E-state index in [4.69, 9.17) is 0 Å². The molecular formula is C22H29O2PS. The van der Waals surface area contributed by atoms with Crippen molar-refractivity contribution in [2.24, 2.45) is 11.8 Å². The molecule has 0 amide bonds. The summed E-state index contributed by atoms with van der Waals surface area (Å²) in [6.07, 6.45) is 4.03. The minimum Gasteiger partial charge on any atom is -0.229 e. The van der Waals surface area contributed by atoms with Gasteiger partial charge >= 0.3 is 0 Å². The first-order chi connectivity index (χ1) is 12.4. The Kier molecular flexibility index (Phi) is 6.20. The van der Waals surface area contributed by atoms with Gasteiger partial charge in [-0.2, -0.15) is 0 Å². The molecule has 1 aliphatic carbocycles. The predicted molar refractivity (Wildman–Crippen MR) is 114 cm³/mol. The van der Waals surface area contributed by atoms with Crippen molar-refractivity contribution < 1.29 is 8.42 Å². The van der Waals surface area contributed by atoms with Gasteiger partial charge in [-0.3, -0.25) is 0 Å². The average molecular weight is 389 g/mol. The third-order valence-electron chi connectivity index (χ3n) is 5.68. The maximum Gasteiger partial charge on any atom is 0.150 e. The lowest BCUT2D eigenvalue weighted by Gasteiger charge is -2.42. The minimum absolute atomic E-state index is 0.195. The highest BCUT2D eigenvalue weighted by molar-refractivity contribution is 7.91. The van der Waals surface area contributed by atoms with Crippen LogP contribution in [0, 0.1) is 11.8 Å². The topological polar surface area (TPSA) is 34.1 Å². The zero-order valence-corrected chi connectivity index (χ0v) is 17.6. The molecule has 2 aromatic rings. The van der Waals surface area contributed by atoms with E-state index in [1.165, 1.54) is 16.9 Å². The molecule has 0 spiro atoms. The lowest BCUT2D eigenvalue weighted by Crippen LogP contribution is -2.40. The molecule has 0 bridgehead atoms. The van der Waals surface area contributed by atoms with Gasteiger partial charge < -0.3 is 0 Å². The highest BCUT2D eigenvalue weighted by Gasteiger charge is 2.41. The molecule has 1 fully saturated rings. The van der Waals surface area contributed by atoms with Crippen molar-refractivity contribution in [2.75, 3.05) is 6.26 Å². The molecule has 0 heterocycles. The van der Waals surface area contributed by atoms with Crippen molar-refractivity contribution in [2.45, 2.75) is 44.0 Å². The largest absolute Gasteiger partial charge is 0.229 e. The van der Waals surface area contributed by atoms with Gasteiger partial charge in [-0.05, 0) is 55.3 Å². The maximum absolute atomic E-state index is 12.3. The zero-order chi connectivity index (χ0) is 18.7. The van der Waals surface area contributed by atoms with E-state index in [0.29, 0.717) is 17.5 Å². The van der Waals surface area contributed by atoms with Gasteiger partial charge in [0.1, 0.15) is 9.84 Å². The van der Waals surface area contributed by atoms with Crippen LogP contribution in [0.4, 0.5) is 0 Å². The fraction of sp³-hybridized carbons (Fsp3) is 0.455. The second-order valence-corrected chi connectivity index (χ2v) is 12.5. The Morgan fingerprint density at radius 2 is 1.38 bits per heavy atom. The number of hydrogen-bond acceptors (Lipinski definition) is 2. The van der Waals surface area contributed by atoms with Gasteiger partial charge in [0.25, 0.3) is 0 Å². The molecule has 0 N–H and O–H groups in total. The molecule has 140 valence electrons.